The Morgan fingerprint density at radius 1 is 1.08 bits per heavy atom. The fraction of sp³-hybridized carbons (Fsp3) is 0.500. The lowest BCUT2D eigenvalue weighted by atomic mass is 9.89. The minimum absolute atomic E-state index is 0.000565. The van der Waals surface area contributed by atoms with Gasteiger partial charge in [0.1, 0.15) is 13.2 Å². The van der Waals surface area contributed by atoms with Crippen molar-refractivity contribution in [2.45, 2.75) is 43.2 Å². The Bertz CT molecular complexity index is 755. The normalized spacial score (nSPS) is 17.4. The van der Waals surface area contributed by atoms with Crippen molar-refractivity contribution >= 4 is 17.5 Å². The molecule has 0 unspecified atom stereocenters. The molecule has 0 N–H and O–H groups in total. The number of ether oxygens (including phenoxy) is 2. The number of benzene rings is 1. The second kappa shape index (κ2) is 7.47. The summed E-state index contributed by atoms with van der Waals surface area (Å²) in [6.07, 6.45) is 5.96. The standard InChI is InChI=1S/C18H20N2O4S/c21-14(13-6-7-15-16(10-13)23-9-8-22-15)11-25-18-20-19-17(24-18)12-4-2-1-3-5-12/h6-7,10,12H,1-5,8-9,11H2. The quantitative estimate of drug-likeness (QED) is 0.592. The molecule has 1 aromatic carbocycles. The maximum atomic E-state index is 12.4. The van der Waals surface area contributed by atoms with Crippen molar-refractivity contribution in [1.29, 1.82) is 0 Å². The Morgan fingerprint density at radius 2 is 1.88 bits per heavy atom. The molecule has 2 aliphatic rings. The summed E-state index contributed by atoms with van der Waals surface area (Å²) in [5.41, 5.74) is 0.601. The van der Waals surface area contributed by atoms with Gasteiger partial charge in [-0.1, -0.05) is 31.0 Å². The van der Waals surface area contributed by atoms with Gasteiger partial charge in [-0.2, -0.15) is 0 Å². The number of carbonyl (C=O) groups excluding carboxylic acids is 1. The average molecular weight is 360 g/mol. The molecule has 132 valence electrons. The van der Waals surface area contributed by atoms with Gasteiger partial charge in [0.2, 0.25) is 5.89 Å². The maximum Gasteiger partial charge on any atom is 0.277 e. The van der Waals surface area contributed by atoms with Gasteiger partial charge in [0.05, 0.1) is 5.75 Å². The minimum Gasteiger partial charge on any atom is -0.486 e. The number of aromatic nitrogens is 2. The number of hydrogen-bond donors (Lipinski definition) is 0. The molecule has 0 spiro atoms. The number of hydrogen-bond acceptors (Lipinski definition) is 7. The van der Waals surface area contributed by atoms with Crippen LogP contribution in [0.1, 0.15) is 54.3 Å². The second-order valence-electron chi connectivity index (χ2n) is 6.31. The Hall–Kier alpha value is -2.02. The van der Waals surface area contributed by atoms with E-state index in [4.69, 9.17) is 13.9 Å². The highest BCUT2D eigenvalue weighted by atomic mass is 32.2. The van der Waals surface area contributed by atoms with Crippen molar-refractivity contribution in [3.63, 3.8) is 0 Å². The van der Waals surface area contributed by atoms with Crippen LogP contribution in [-0.2, 0) is 0 Å². The first-order valence-corrected chi connectivity index (χ1v) is 9.67. The van der Waals surface area contributed by atoms with Crippen LogP contribution in [0.3, 0.4) is 0 Å². The van der Waals surface area contributed by atoms with Crippen LogP contribution < -0.4 is 9.47 Å². The van der Waals surface area contributed by atoms with Crippen molar-refractivity contribution in [3.05, 3.63) is 29.7 Å². The zero-order valence-corrected chi connectivity index (χ0v) is 14.7. The number of nitrogens with zero attached hydrogens (tertiary/aromatic N) is 2. The molecule has 6 nitrogen and oxygen atoms in total. The van der Waals surface area contributed by atoms with E-state index in [0.717, 1.165) is 12.8 Å². The van der Waals surface area contributed by atoms with Gasteiger partial charge < -0.3 is 13.9 Å². The van der Waals surface area contributed by atoms with E-state index in [9.17, 15) is 4.79 Å². The first-order valence-electron chi connectivity index (χ1n) is 8.68. The Kier molecular flexibility index (Phi) is 4.92. The molecule has 1 saturated carbocycles. The summed E-state index contributed by atoms with van der Waals surface area (Å²) < 4.78 is 16.7. The van der Waals surface area contributed by atoms with E-state index in [1.807, 2.05) is 0 Å². The van der Waals surface area contributed by atoms with Crippen molar-refractivity contribution in [3.8, 4) is 11.5 Å². The van der Waals surface area contributed by atoms with Gasteiger partial charge in [0.25, 0.3) is 5.22 Å². The zero-order chi connectivity index (χ0) is 17.1. The first kappa shape index (κ1) is 16.4. The molecule has 2 aromatic rings. The molecule has 1 aromatic heterocycles. The van der Waals surface area contributed by atoms with Crippen LogP contribution >= 0.6 is 11.8 Å². The topological polar surface area (TPSA) is 74.5 Å². The SMILES string of the molecule is O=C(CSc1nnc(C2CCCCC2)o1)c1ccc2c(c1)OCCO2. The predicted molar refractivity (Wildman–Crippen MR) is 92.6 cm³/mol. The molecule has 1 fully saturated rings. The highest BCUT2D eigenvalue weighted by molar-refractivity contribution is 7.99. The molecule has 0 amide bonds. The third-order valence-corrected chi connectivity index (χ3v) is 5.39. The van der Waals surface area contributed by atoms with E-state index in [0.29, 0.717) is 47.3 Å². The van der Waals surface area contributed by atoms with E-state index in [1.54, 1.807) is 18.2 Å². The number of thioether (sulfide) groups is 1. The second-order valence-corrected chi connectivity index (χ2v) is 7.24. The van der Waals surface area contributed by atoms with Crippen molar-refractivity contribution in [1.82, 2.24) is 10.2 Å². The molecule has 2 heterocycles. The third kappa shape index (κ3) is 3.81. The van der Waals surface area contributed by atoms with Crippen molar-refractivity contribution in [2.24, 2.45) is 0 Å². The number of rotatable bonds is 5. The maximum absolute atomic E-state index is 12.4. The van der Waals surface area contributed by atoms with Gasteiger partial charge in [0.15, 0.2) is 17.3 Å². The Labute approximate surface area is 150 Å². The zero-order valence-electron chi connectivity index (χ0n) is 13.9. The van der Waals surface area contributed by atoms with Crippen LogP contribution in [0.2, 0.25) is 0 Å². The molecule has 0 atom stereocenters. The van der Waals surface area contributed by atoms with Crippen LogP contribution in [0.25, 0.3) is 0 Å². The summed E-state index contributed by atoms with van der Waals surface area (Å²) in [5.74, 6) is 2.66. The van der Waals surface area contributed by atoms with Crippen LogP contribution in [-0.4, -0.2) is 34.9 Å². The van der Waals surface area contributed by atoms with Crippen molar-refractivity contribution < 1.29 is 18.7 Å². The van der Waals surface area contributed by atoms with Gasteiger partial charge in [0, 0.05) is 11.5 Å². The molecule has 0 radical (unpaired) electrons. The fourth-order valence-corrected chi connectivity index (χ4v) is 3.88. The Morgan fingerprint density at radius 3 is 2.72 bits per heavy atom. The van der Waals surface area contributed by atoms with E-state index in [2.05, 4.69) is 10.2 Å². The fourth-order valence-electron chi connectivity index (χ4n) is 3.22. The molecule has 1 aliphatic carbocycles. The molecular formula is C18H20N2O4S. The van der Waals surface area contributed by atoms with Gasteiger partial charge in [-0.05, 0) is 31.0 Å². The molecule has 0 saturated heterocycles. The largest absolute Gasteiger partial charge is 0.486 e. The summed E-state index contributed by atoms with van der Waals surface area (Å²) in [6, 6.07) is 5.27. The van der Waals surface area contributed by atoms with Crippen LogP contribution in [0.5, 0.6) is 11.5 Å². The molecular weight excluding hydrogens is 340 g/mol. The minimum atomic E-state index is -0.000565. The van der Waals surface area contributed by atoms with E-state index >= 15 is 0 Å². The first-order chi connectivity index (χ1) is 12.3. The highest BCUT2D eigenvalue weighted by Crippen LogP contribution is 2.34. The number of fused-ring (bicyclic) bond motifs is 1. The summed E-state index contributed by atoms with van der Waals surface area (Å²) in [5, 5.41) is 8.70. The van der Waals surface area contributed by atoms with Gasteiger partial charge in [-0.25, -0.2) is 0 Å². The smallest absolute Gasteiger partial charge is 0.277 e. The monoisotopic (exact) mass is 360 g/mol. The van der Waals surface area contributed by atoms with Crippen molar-refractivity contribution in [2.75, 3.05) is 19.0 Å². The number of Topliss-reactive ketones (excluding diaryl/α,β-unsaturated/α-hetero) is 1. The molecule has 0 bridgehead atoms. The molecule has 4 rings (SSSR count). The molecule has 7 heteroatoms. The summed E-state index contributed by atoms with van der Waals surface area (Å²) in [4.78, 5) is 12.4. The number of carbonyl (C=O) groups is 1. The van der Waals surface area contributed by atoms with E-state index < -0.39 is 0 Å². The molecule has 25 heavy (non-hydrogen) atoms. The molecule has 1 aliphatic heterocycles. The number of ketones is 1. The van der Waals surface area contributed by atoms with Gasteiger partial charge in [-0.3, -0.25) is 4.79 Å². The lowest BCUT2D eigenvalue weighted by molar-refractivity contribution is 0.102. The predicted octanol–water partition coefficient (Wildman–Crippen LogP) is 3.86. The lowest BCUT2D eigenvalue weighted by Crippen LogP contribution is -2.16. The van der Waals surface area contributed by atoms with Crippen LogP contribution in [0, 0.1) is 0 Å². The summed E-state index contributed by atoms with van der Waals surface area (Å²) >= 11 is 1.28. The van der Waals surface area contributed by atoms with E-state index in [1.165, 1.54) is 31.0 Å². The Balaban J connectivity index is 1.36. The summed E-state index contributed by atoms with van der Waals surface area (Å²) in [6.45, 7) is 1.04. The lowest BCUT2D eigenvalue weighted by Gasteiger charge is -2.18. The van der Waals surface area contributed by atoms with Gasteiger partial charge in [-0.15, -0.1) is 10.2 Å². The highest BCUT2D eigenvalue weighted by Gasteiger charge is 2.22. The van der Waals surface area contributed by atoms with Gasteiger partial charge >= 0.3 is 0 Å². The average Bonchev–Trinajstić information content (AvgIpc) is 3.15. The van der Waals surface area contributed by atoms with Crippen LogP contribution in [0.15, 0.2) is 27.8 Å². The van der Waals surface area contributed by atoms with E-state index in [-0.39, 0.29) is 11.5 Å². The third-order valence-electron chi connectivity index (χ3n) is 4.57. The summed E-state index contributed by atoms with van der Waals surface area (Å²) in [7, 11) is 0. The van der Waals surface area contributed by atoms with Crippen LogP contribution in [0.4, 0.5) is 0 Å².